The van der Waals surface area contributed by atoms with E-state index in [0.29, 0.717) is 0 Å². The third-order valence-corrected chi connectivity index (χ3v) is 2.13. The smallest absolute Gasteiger partial charge is 0.412 e. The Labute approximate surface area is 116 Å². The van der Waals surface area contributed by atoms with E-state index >= 15 is 0 Å². The maximum Gasteiger partial charge on any atom is 0.412 e. The van der Waals surface area contributed by atoms with Gasteiger partial charge in [0.25, 0.3) is 6.54 Å². The van der Waals surface area contributed by atoms with Crippen LogP contribution in [0, 0.1) is 12.4 Å². The van der Waals surface area contributed by atoms with Crippen molar-refractivity contribution in [2.75, 3.05) is 11.9 Å². The zero-order valence-corrected chi connectivity index (χ0v) is 11.5. The molecular weight excluding hydrogens is 263 g/mol. The first-order valence-corrected chi connectivity index (χ1v) is 5.89. The van der Waals surface area contributed by atoms with Crippen LogP contribution in [0.1, 0.15) is 31.1 Å². The number of anilines is 1. The standard InChI is InChI=1S/C14H15FN2O3/c1-14(2,3)20-13(19)17-9-5-6-11(15)10(7-9)12(18)8-16-4/h5-7H,8H2,1-3H3,(H,17,19). The molecule has 1 rings (SSSR count). The van der Waals surface area contributed by atoms with Crippen LogP contribution in [0.25, 0.3) is 4.85 Å². The molecule has 5 nitrogen and oxygen atoms in total. The van der Waals surface area contributed by atoms with Crippen molar-refractivity contribution in [2.24, 2.45) is 0 Å². The molecule has 1 N–H and O–H groups in total. The Balaban J connectivity index is 2.88. The summed E-state index contributed by atoms with van der Waals surface area (Å²) in [5, 5.41) is 2.41. The number of benzene rings is 1. The zero-order chi connectivity index (χ0) is 15.3. The van der Waals surface area contributed by atoms with Crippen LogP contribution in [-0.2, 0) is 4.74 Å². The number of nitrogens with one attached hydrogen (secondary N) is 1. The van der Waals surface area contributed by atoms with Crippen molar-refractivity contribution in [1.82, 2.24) is 0 Å². The molecular formula is C14H15FN2O3. The number of halogens is 1. The maximum atomic E-state index is 13.5. The Morgan fingerprint density at radius 3 is 2.60 bits per heavy atom. The van der Waals surface area contributed by atoms with E-state index in [4.69, 9.17) is 11.3 Å². The molecule has 0 fully saturated rings. The van der Waals surface area contributed by atoms with Gasteiger partial charge >= 0.3 is 6.09 Å². The van der Waals surface area contributed by atoms with Crippen LogP contribution in [0.2, 0.25) is 0 Å². The number of nitrogens with zero attached hydrogens (tertiary/aromatic N) is 1. The van der Waals surface area contributed by atoms with Crippen molar-refractivity contribution in [1.29, 1.82) is 0 Å². The Kier molecular flexibility index (Phi) is 4.81. The summed E-state index contributed by atoms with van der Waals surface area (Å²) in [7, 11) is 0. The van der Waals surface area contributed by atoms with Crippen LogP contribution in [-0.4, -0.2) is 24.0 Å². The van der Waals surface area contributed by atoms with E-state index in [1.54, 1.807) is 20.8 Å². The Morgan fingerprint density at radius 1 is 1.40 bits per heavy atom. The number of ketones is 1. The predicted molar refractivity (Wildman–Crippen MR) is 72.1 cm³/mol. The Bertz CT molecular complexity index is 571. The number of hydrogen-bond donors (Lipinski definition) is 1. The molecule has 20 heavy (non-hydrogen) atoms. The third kappa shape index (κ3) is 4.69. The van der Waals surface area contributed by atoms with Crippen molar-refractivity contribution in [3.63, 3.8) is 0 Å². The van der Waals surface area contributed by atoms with Gasteiger partial charge in [-0.25, -0.2) is 15.8 Å². The quantitative estimate of drug-likeness (QED) is 0.682. The van der Waals surface area contributed by atoms with E-state index in [0.717, 1.165) is 6.07 Å². The summed E-state index contributed by atoms with van der Waals surface area (Å²) in [6, 6.07) is 3.56. The minimum atomic E-state index is -0.728. The number of carbonyl (C=O) groups is 2. The highest BCUT2D eigenvalue weighted by atomic mass is 19.1. The van der Waals surface area contributed by atoms with Gasteiger partial charge < -0.3 is 9.58 Å². The SMILES string of the molecule is [C-]#[N+]CC(=O)c1cc(NC(=O)OC(C)(C)C)ccc1F. The average molecular weight is 278 g/mol. The predicted octanol–water partition coefficient (Wildman–Crippen LogP) is 3.27. The molecule has 1 aromatic rings. The first-order valence-electron chi connectivity index (χ1n) is 5.89. The van der Waals surface area contributed by atoms with Crippen LogP contribution in [0.4, 0.5) is 14.9 Å². The van der Waals surface area contributed by atoms with Gasteiger partial charge in [-0.15, -0.1) is 0 Å². The first kappa shape index (κ1) is 15.6. The molecule has 0 aliphatic heterocycles. The third-order valence-electron chi connectivity index (χ3n) is 2.13. The van der Waals surface area contributed by atoms with Gasteiger partial charge in [-0.2, -0.15) is 0 Å². The van der Waals surface area contributed by atoms with Crippen molar-refractivity contribution >= 4 is 17.6 Å². The lowest BCUT2D eigenvalue weighted by atomic mass is 10.1. The molecule has 0 saturated heterocycles. The lowest BCUT2D eigenvalue weighted by Gasteiger charge is -2.19. The number of rotatable bonds is 3. The van der Waals surface area contributed by atoms with Gasteiger partial charge in [-0.3, -0.25) is 10.1 Å². The summed E-state index contributed by atoms with van der Waals surface area (Å²) in [5.41, 5.74) is -0.657. The number of carbonyl (C=O) groups excluding carboxylic acids is 2. The van der Waals surface area contributed by atoms with Crippen LogP contribution >= 0.6 is 0 Å². The van der Waals surface area contributed by atoms with Gasteiger partial charge in [0, 0.05) is 5.69 Å². The molecule has 0 heterocycles. The monoisotopic (exact) mass is 278 g/mol. The lowest BCUT2D eigenvalue weighted by molar-refractivity contribution is 0.0635. The number of amides is 1. The van der Waals surface area contributed by atoms with Crippen LogP contribution in [0.3, 0.4) is 0 Å². The highest BCUT2D eigenvalue weighted by molar-refractivity contribution is 6.00. The van der Waals surface area contributed by atoms with Gasteiger partial charge in [0.05, 0.1) is 5.56 Å². The second-order valence-electron chi connectivity index (χ2n) is 5.06. The summed E-state index contributed by atoms with van der Waals surface area (Å²) in [5.74, 6) is -1.36. The first-order chi connectivity index (χ1) is 9.23. The topological polar surface area (TPSA) is 59.8 Å². The molecule has 0 radical (unpaired) electrons. The normalized spacial score (nSPS) is 10.6. The van der Waals surface area contributed by atoms with E-state index in [1.807, 2.05) is 0 Å². The molecule has 1 amide bonds. The second-order valence-corrected chi connectivity index (χ2v) is 5.06. The highest BCUT2D eigenvalue weighted by Gasteiger charge is 2.18. The molecule has 0 spiro atoms. The fraction of sp³-hybridized carbons (Fsp3) is 0.357. The van der Waals surface area contributed by atoms with Crippen LogP contribution < -0.4 is 5.32 Å². The van der Waals surface area contributed by atoms with Gasteiger partial charge in [0.15, 0.2) is 0 Å². The molecule has 0 saturated carbocycles. The van der Waals surface area contributed by atoms with E-state index in [1.165, 1.54) is 12.1 Å². The van der Waals surface area contributed by atoms with Crippen molar-refractivity contribution < 1.29 is 18.7 Å². The number of hydrogen-bond acceptors (Lipinski definition) is 3. The molecule has 6 heteroatoms. The van der Waals surface area contributed by atoms with Crippen molar-refractivity contribution in [3.05, 3.63) is 41.0 Å². The minimum absolute atomic E-state index is 0.227. The van der Waals surface area contributed by atoms with E-state index in [9.17, 15) is 14.0 Å². The fourth-order valence-corrected chi connectivity index (χ4v) is 1.40. The fourth-order valence-electron chi connectivity index (χ4n) is 1.40. The minimum Gasteiger partial charge on any atom is -0.444 e. The van der Waals surface area contributed by atoms with Crippen LogP contribution in [0.5, 0.6) is 0 Å². The Hall–Kier alpha value is -2.42. The molecule has 0 bridgehead atoms. The van der Waals surface area contributed by atoms with E-state index in [-0.39, 0.29) is 11.3 Å². The average Bonchev–Trinajstić information content (AvgIpc) is 2.29. The summed E-state index contributed by atoms with van der Waals surface area (Å²) in [6.45, 7) is 11.3. The molecule has 0 aliphatic carbocycles. The number of Topliss-reactive ketones (excluding diaryl/α,β-unsaturated/α-hetero) is 1. The van der Waals surface area contributed by atoms with Crippen molar-refractivity contribution in [2.45, 2.75) is 26.4 Å². The molecule has 0 atom stereocenters. The van der Waals surface area contributed by atoms with Gasteiger partial charge in [-0.05, 0) is 39.0 Å². The summed E-state index contributed by atoms with van der Waals surface area (Å²) in [6.07, 6.45) is -0.701. The molecule has 1 aromatic carbocycles. The maximum absolute atomic E-state index is 13.5. The molecule has 0 aliphatic rings. The summed E-state index contributed by atoms with van der Waals surface area (Å²) in [4.78, 5) is 26.0. The summed E-state index contributed by atoms with van der Waals surface area (Å²) < 4.78 is 18.5. The molecule has 0 aromatic heterocycles. The van der Waals surface area contributed by atoms with Crippen LogP contribution in [0.15, 0.2) is 18.2 Å². The largest absolute Gasteiger partial charge is 0.444 e. The van der Waals surface area contributed by atoms with Gasteiger partial charge in [0.2, 0.25) is 5.78 Å². The van der Waals surface area contributed by atoms with Gasteiger partial charge in [-0.1, -0.05) is 0 Å². The number of ether oxygens (including phenoxy) is 1. The van der Waals surface area contributed by atoms with Crippen molar-refractivity contribution in [3.8, 4) is 0 Å². The highest BCUT2D eigenvalue weighted by Crippen LogP contribution is 2.17. The molecule has 106 valence electrons. The zero-order valence-electron chi connectivity index (χ0n) is 11.5. The second kappa shape index (κ2) is 6.15. The molecule has 0 unspecified atom stereocenters. The Morgan fingerprint density at radius 2 is 2.05 bits per heavy atom. The van der Waals surface area contributed by atoms with E-state index in [2.05, 4.69) is 10.2 Å². The lowest BCUT2D eigenvalue weighted by Crippen LogP contribution is -2.27. The van der Waals surface area contributed by atoms with Gasteiger partial charge in [0.1, 0.15) is 11.4 Å². The van der Waals surface area contributed by atoms with E-state index < -0.39 is 29.8 Å². The summed E-state index contributed by atoms with van der Waals surface area (Å²) >= 11 is 0.